The van der Waals surface area contributed by atoms with Crippen molar-refractivity contribution in [1.29, 1.82) is 0 Å². The average molecular weight is 352 g/mol. The molecule has 0 saturated carbocycles. The van der Waals surface area contributed by atoms with E-state index in [0.29, 0.717) is 12.5 Å². The largest absolute Gasteiger partial charge is 0.497 e. The first-order chi connectivity index (χ1) is 12.6. The van der Waals surface area contributed by atoms with Crippen molar-refractivity contribution < 1.29 is 9.53 Å². The first-order valence-electron chi connectivity index (χ1n) is 8.29. The number of nitrogens with zero attached hydrogens (tertiary/aromatic N) is 2. The van der Waals surface area contributed by atoms with Gasteiger partial charge in [0.2, 0.25) is 5.95 Å². The number of rotatable bonds is 7. The van der Waals surface area contributed by atoms with Gasteiger partial charge in [0.25, 0.3) is 0 Å². The highest BCUT2D eigenvalue weighted by Gasteiger charge is 2.08. The highest BCUT2D eigenvalue weighted by molar-refractivity contribution is 5.87. The summed E-state index contributed by atoms with van der Waals surface area (Å²) in [6.45, 7) is 2.36. The highest BCUT2D eigenvalue weighted by atomic mass is 16.5. The van der Waals surface area contributed by atoms with Crippen molar-refractivity contribution in [3.05, 3.63) is 72.1 Å². The lowest BCUT2D eigenvalue weighted by Gasteiger charge is -2.09. The SMILES string of the molecule is C\C=C/C=C\C=C\c1cnc(NC(=O)NCc2cccc(OC)c2)n1C. The molecule has 2 amide bonds. The number of carbonyl (C=O) groups excluding carboxylic acids is 1. The van der Waals surface area contributed by atoms with Gasteiger partial charge in [0, 0.05) is 13.6 Å². The minimum atomic E-state index is -0.315. The molecule has 1 aromatic heterocycles. The summed E-state index contributed by atoms with van der Waals surface area (Å²) in [5, 5.41) is 5.55. The molecule has 0 fully saturated rings. The van der Waals surface area contributed by atoms with Crippen LogP contribution in [-0.4, -0.2) is 22.7 Å². The third kappa shape index (κ3) is 5.66. The second kappa shape index (κ2) is 9.88. The molecule has 2 rings (SSSR count). The third-order valence-electron chi connectivity index (χ3n) is 3.63. The van der Waals surface area contributed by atoms with E-state index in [1.807, 2.05) is 79.3 Å². The fourth-order valence-corrected chi connectivity index (χ4v) is 2.20. The Morgan fingerprint density at radius 3 is 2.85 bits per heavy atom. The number of amides is 2. The molecule has 2 aromatic rings. The fourth-order valence-electron chi connectivity index (χ4n) is 2.20. The van der Waals surface area contributed by atoms with Crippen molar-refractivity contribution in [1.82, 2.24) is 14.9 Å². The first kappa shape index (κ1) is 19.1. The van der Waals surface area contributed by atoms with E-state index in [9.17, 15) is 4.79 Å². The normalized spacial score (nSPS) is 11.5. The minimum absolute atomic E-state index is 0.315. The summed E-state index contributed by atoms with van der Waals surface area (Å²) in [4.78, 5) is 16.3. The zero-order chi connectivity index (χ0) is 18.8. The van der Waals surface area contributed by atoms with Crippen LogP contribution in [0.4, 0.5) is 10.7 Å². The zero-order valence-corrected chi connectivity index (χ0v) is 15.3. The molecule has 0 bridgehead atoms. The molecule has 1 heterocycles. The van der Waals surface area contributed by atoms with E-state index in [1.54, 1.807) is 13.3 Å². The van der Waals surface area contributed by atoms with Crippen molar-refractivity contribution in [2.45, 2.75) is 13.5 Å². The van der Waals surface area contributed by atoms with Gasteiger partial charge in [-0.2, -0.15) is 0 Å². The van der Waals surface area contributed by atoms with E-state index in [2.05, 4.69) is 15.6 Å². The summed E-state index contributed by atoms with van der Waals surface area (Å²) in [7, 11) is 3.46. The maximum atomic E-state index is 12.1. The van der Waals surface area contributed by atoms with Gasteiger partial charge in [-0.1, -0.05) is 42.5 Å². The van der Waals surface area contributed by atoms with Crippen molar-refractivity contribution in [2.75, 3.05) is 12.4 Å². The molecule has 0 atom stereocenters. The fraction of sp³-hybridized carbons (Fsp3) is 0.200. The van der Waals surface area contributed by atoms with Crippen LogP contribution >= 0.6 is 0 Å². The number of hydrogen-bond donors (Lipinski definition) is 2. The topological polar surface area (TPSA) is 68.2 Å². The molecule has 0 saturated heterocycles. The lowest BCUT2D eigenvalue weighted by molar-refractivity contribution is 0.251. The molecule has 0 unspecified atom stereocenters. The van der Waals surface area contributed by atoms with Crippen molar-refractivity contribution in [3.63, 3.8) is 0 Å². The number of nitrogens with one attached hydrogen (secondary N) is 2. The smallest absolute Gasteiger partial charge is 0.321 e. The molecule has 0 aliphatic carbocycles. The summed E-state index contributed by atoms with van der Waals surface area (Å²) in [5.74, 6) is 1.24. The number of anilines is 1. The van der Waals surface area contributed by atoms with Crippen molar-refractivity contribution in [3.8, 4) is 5.75 Å². The summed E-state index contributed by atoms with van der Waals surface area (Å²) >= 11 is 0. The molecular formula is C20H24N4O2. The number of urea groups is 1. The monoisotopic (exact) mass is 352 g/mol. The third-order valence-corrected chi connectivity index (χ3v) is 3.63. The zero-order valence-electron chi connectivity index (χ0n) is 15.3. The number of aromatic nitrogens is 2. The van der Waals surface area contributed by atoms with Gasteiger partial charge >= 0.3 is 6.03 Å². The number of imidazole rings is 1. The Bertz CT molecular complexity index is 819. The van der Waals surface area contributed by atoms with Gasteiger partial charge in [-0.3, -0.25) is 5.32 Å². The van der Waals surface area contributed by atoms with Crippen LogP contribution in [0.3, 0.4) is 0 Å². The van der Waals surface area contributed by atoms with Crippen molar-refractivity contribution in [2.24, 2.45) is 7.05 Å². The van der Waals surface area contributed by atoms with Gasteiger partial charge in [-0.05, 0) is 30.7 Å². The van der Waals surface area contributed by atoms with E-state index < -0.39 is 0 Å². The highest BCUT2D eigenvalue weighted by Crippen LogP contribution is 2.13. The second-order valence-corrected chi connectivity index (χ2v) is 5.49. The Hall–Kier alpha value is -3.28. The van der Waals surface area contributed by atoms with Crippen molar-refractivity contribution >= 4 is 18.1 Å². The quantitative estimate of drug-likeness (QED) is 0.743. The molecule has 136 valence electrons. The molecule has 6 heteroatoms. The lowest BCUT2D eigenvalue weighted by Crippen LogP contribution is -2.29. The maximum absolute atomic E-state index is 12.1. The maximum Gasteiger partial charge on any atom is 0.321 e. The predicted octanol–water partition coefficient (Wildman–Crippen LogP) is 3.90. The van der Waals surface area contributed by atoms with E-state index >= 15 is 0 Å². The van der Waals surface area contributed by atoms with Crippen LogP contribution in [0.2, 0.25) is 0 Å². The lowest BCUT2D eigenvalue weighted by atomic mass is 10.2. The molecular weight excluding hydrogens is 328 g/mol. The van der Waals surface area contributed by atoms with Gasteiger partial charge in [0.05, 0.1) is 19.0 Å². The van der Waals surface area contributed by atoms with E-state index in [-0.39, 0.29) is 6.03 Å². The van der Waals surface area contributed by atoms with Gasteiger partial charge in [-0.25, -0.2) is 9.78 Å². The van der Waals surface area contributed by atoms with Gasteiger partial charge in [0.15, 0.2) is 0 Å². The Morgan fingerprint density at radius 1 is 1.27 bits per heavy atom. The summed E-state index contributed by atoms with van der Waals surface area (Å²) in [6, 6.07) is 7.24. The Kier molecular flexibility index (Phi) is 7.24. The summed E-state index contributed by atoms with van der Waals surface area (Å²) in [5.41, 5.74) is 1.84. The molecule has 1 aromatic carbocycles. The predicted molar refractivity (Wildman–Crippen MR) is 105 cm³/mol. The van der Waals surface area contributed by atoms with E-state index in [4.69, 9.17) is 4.74 Å². The molecule has 0 radical (unpaired) electrons. The number of hydrogen-bond acceptors (Lipinski definition) is 3. The number of carbonyl (C=O) groups is 1. The molecule has 0 aliphatic heterocycles. The van der Waals surface area contributed by atoms with E-state index in [1.165, 1.54) is 0 Å². The first-order valence-corrected chi connectivity index (χ1v) is 8.29. The van der Waals surface area contributed by atoms with Gasteiger partial charge in [0.1, 0.15) is 5.75 Å². The molecule has 26 heavy (non-hydrogen) atoms. The summed E-state index contributed by atoms with van der Waals surface area (Å²) in [6.07, 6.45) is 13.3. The van der Waals surface area contributed by atoms with Gasteiger partial charge in [-0.15, -0.1) is 0 Å². The van der Waals surface area contributed by atoms with Crippen LogP contribution in [0.15, 0.2) is 60.8 Å². The number of benzene rings is 1. The number of allylic oxidation sites excluding steroid dienone is 5. The number of ether oxygens (including phenoxy) is 1. The average Bonchev–Trinajstić information content (AvgIpc) is 3.00. The van der Waals surface area contributed by atoms with Crippen LogP contribution in [-0.2, 0) is 13.6 Å². The molecule has 0 spiro atoms. The summed E-state index contributed by atoms with van der Waals surface area (Å²) < 4.78 is 6.98. The molecule has 0 aliphatic rings. The minimum Gasteiger partial charge on any atom is -0.497 e. The van der Waals surface area contributed by atoms with Crippen LogP contribution in [0.1, 0.15) is 18.2 Å². The standard InChI is InChI=1S/C20H24N4O2/c1-4-5-6-7-8-11-17-15-21-19(24(17)2)23-20(25)22-14-16-10-9-12-18(13-16)26-3/h4-13,15H,14H2,1-3H3,(H2,21,22,23,25)/b5-4-,7-6-,11-8+. The Labute approximate surface area is 153 Å². The number of methoxy groups -OCH3 is 1. The Balaban J connectivity index is 1.90. The second-order valence-electron chi connectivity index (χ2n) is 5.49. The molecule has 6 nitrogen and oxygen atoms in total. The van der Waals surface area contributed by atoms with Gasteiger partial charge < -0.3 is 14.6 Å². The Morgan fingerprint density at radius 2 is 2.08 bits per heavy atom. The van der Waals surface area contributed by atoms with Crippen LogP contribution in [0, 0.1) is 0 Å². The van der Waals surface area contributed by atoms with Crippen LogP contribution < -0.4 is 15.4 Å². The van der Waals surface area contributed by atoms with E-state index in [0.717, 1.165) is 17.0 Å². The van der Waals surface area contributed by atoms with Crippen LogP contribution in [0.25, 0.3) is 6.08 Å². The van der Waals surface area contributed by atoms with Crippen LogP contribution in [0.5, 0.6) is 5.75 Å². The molecule has 2 N–H and O–H groups in total.